The van der Waals surface area contributed by atoms with Crippen molar-refractivity contribution in [3.63, 3.8) is 0 Å². The van der Waals surface area contributed by atoms with Crippen molar-refractivity contribution in [2.24, 2.45) is 0 Å². The Bertz CT molecular complexity index is 502. The van der Waals surface area contributed by atoms with E-state index in [2.05, 4.69) is 17.2 Å². The lowest BCUT2D eigenvalue weighted by Gasteiger charge is -2.25. The van der Waals surface area contributed by atoms with Crippen LogP contribution in [0.1, 0.15) is 35.8 Å². The number of hydrogen-bond donors (Lipinski definition) is 1. The Hall–Kier alpha value is -1.17. The SMILES string of the molecule is CCCc1cc(C(=O)NCC2(OC)CCOC2)cc(Cl)n1. The summed E-state index contributed by atoms with van der Waals surface area (Å²) in [5.41, 5.74) is 0.947. The molecule has 1 saturated heterocycles. The topological polar surface area (TPSA) is 60.5 Å². The van der Waals surface area contributed by atoms with E-state index in [1.165, 1.54) is 0 Å². The van der Waals surface area contributed by atoms with Crippen LogP contribution < -0.4 is 5.32 Å². The quantitative estimate of drug-likeness (QED) is 0.818. The Morgan fingerprint density at radius 2 is 2.38 bits per heavy atom. The number of carbonyl (C=O) groups excluding carboxylic acids is 1. The van der Waals surface area contributed by atoms with E-state index in [0.29, 0.717) is 30.5 Å². The van der Waals surface area contributed by atoms with Crippen molar-refractivity contribution in [1.82, 2.24) is 10.3 Å². The summed E-state index contributed by atoms with van der Waals surface area (Å²) in [5.74, 6) is -0.167. The minimum Gasteiger partial charge on any atom is -0.378 e. The minimum absolute atomic E-state index is 0.167. The maximum absolute atomic E-state index is 12.3. The van der Waals surface area contributed by atoms with Gasteiger partial charge in [-0.25, -0.2) is 4.98 Å². The lowest BCUT2D eigenvalue weighted by atomic mass is 10.0. The number of methoxy groups -OCH3 is 1. The highest BCUT2D eigenvalue weighted by Gasteiger charge is 2.35. The zero-order chi connectivity index (χ0) is 15.3. The average Bonchev–Trinajstić information content (AvgIpc) is 2.94. The molecule has 2 heterocycles. The molecule has 1 N–H and O–H groups in total. The first-order valence-corrected chi connectivity index (χ1v) is 7.54. The molecule has 21 heavy (non-hydrogen) atoms. The monoisotopic (exact) mass is 312 g/mol. The van der Waals surface area contributed by atoms with Crippen LogP contribution in [0.5, 0.6) is 0 Å². The van der Waals surface area contributed by atoms with E-state index in [9.17, 15) is 4.79 Å². The molecule has 2 rings (SSSR count). The summed E-state index contributed by atoms with van der Waals surface area (Å²) in [5, 5.41) is 3.24. The molecule has 0 spiro atoms. The van der Waals surface area contributed by atoms with E-state index in [4.69, 9.17) is 21.1 Å². The second kappa shape index (κ2) is 7.20. The summed E-state index contributed by atoms with van der Waals surface area (Å²) in [6, 6.07) is 3.37. The van der Waals surface area contributed by atoms with Crippen LogP contribution in [0.15, 0.2) is 12.1 Å². The molecule has 0 radical (unpaired) electrons. The maximum atomic E-state index is 12.3. The van der Waals surface area contributed by atoms with Crippen molar-refractivity contribution in [2.75, 3.05) is 26.9 Å². The second-order valence-corrected chi connectivity index (χ2v) is 5.68. The zero-order valence-corrected chi connectivity index (χ0v) is 13.2. The number of pyridine rings is 1. The number of aryl methyl sites for hydroxylation is 1. The highest BCUT2D eigenvalue weighted by molar-refractivity contribution is 6.29. The van der Waals surface area contributed by atoms with Crippen LogP contribution in [0.25, 0.3) is 0 Å². The molecule has 1 unspecified atom stereocenters. The third-order valence-electron chi connectivity index (χ3n) is 3.69. The fraction of sp³-hybridized carbons (Fsp3) is 0.600. The number of nitrogens with one attached hydrogen (secondary N) is 1. The number of halogens is 1. The van der Waals surface area contributed by atoms with E-state index in [1.807, 2.05) is 0 Å². The predicted octanol–water partition coefficient (Wildman–Crippen LogP) is 2.22. The molecule has 1 atom stereocenters. The molecule has 6 heteroatoms. The van der Waals surface area contributed by atoms with E-state index in [1.54, 1.807) is 19.2 Å². The van der Waals surface area contributed by atoms with E-state index < -0.39 is 5.60 Å². The van der Waals surface area contributed by atoms with Crippen molar-refractivity contribution < 1.29 is 14.3 Å². The van der Waals surface area contributed by atoms with Gasteiger partial charge in [-0.15, -0.1) is 0 Å². The van der Waals surface area contributed by atoms with Gasteiger partial charge in [0.25, 0.3) is 5.91 Å². The first-order valence-electron chi connectivity index (χ1n) is 7.16. The summed E-state index contributed by atoms with van der Waals surface area (Å²) >= 11 is 5.98. The molecule has 0 saturated carbocycles. The van der Waals surface area contributed by atoms with Crippen molar-refractivity contribution in [3.05, 3.63) is 28.5 Å². The Kier molecular flexibility index (Phi) is 5.56. The molecule has 116 valence electrons. The van der Waals surface area contributed by atoms with Crippen LogP contribution in [-0.4, -0.2) is 43.4 Å². The average molecular weight is 313 g/mol. The first-order chi connectivity index (χ1) is 10.1. The van der Waals surface area contributed by atoms with E-state index in [0.717, 1.165) is 25.0 Å². The number of aromatic nitrogens is 1. The standard InChI is InChI=1S/C15H21ClN2O3/c1-3-4-12-7-11(8-13(16)18-12)14(19)17-9-15(20-2)5-6-21-10-15/h7-8H,3-6,9-10H2,1-2H3,(H,17,19). The smallest absolute Gasteiger partial charge is 0.251 e. The van der Waals surface area contributed by atoms with Crippen LogP contribution in [0.3, 0.4) is 0 Å². The molecule has 0 aromatic carbocycles. The summed E-state index contributed by atoms with van der Waals surface area (Å²) in [4.78, 5) is 16.5. The molecule has 1 aromatic rings. The van der Waals surface area contributed by atoms with Gasteiger partial charge in [-0.2, -0.15) is 0 Å². The van der Waals surface area contributed by atoms with Gasteiger partial charge in [0, 0.05) is 37.9 Å². The van der Waals surface area contributed by atoms with Gasteiger partial charge >= 0.3 is 0 Å². The zero-order valence-electron chi connectivity index (χ0n) is 12.4. The van der Waals surface area contributed by atoms with Gasteiger partial charge in [-0.1, -0.05) is 24.9 Å². The third kappa shape index (κ3) is 4.15. The molecule has 0 bridgehead atoms. The summed E-state index contributed by atoms with van der Waals surface area (Å²) in [7, 11) is 1.64. The maximum Gasteiger partial charge on any atom is 0.251 e. The Labute approximate surface area is 130 Å². The third-order valence-corrected chi connectivity index (χ3v) is 3.88. The highest BCUT2D eigenvalue weighted by atomic mass is 35.5. The van der Waals surface area contributed by atoms with Gasteiger partial charge in [-0.3, -0.25) is 4.79 Å². The van der Waals surface area contributed by atoms with E-state index >= 15 is 0 Å². The number of amides is 1. The molecule has 1 fully saturated rings. The van der Waals surface area contributed by atoms with Crippen molar-refractivity contribution in [2.45, 2.75) is 31.8 Å². The van der Waals surface area contributed by atoms with Gasteiger partial charge in [0.05, 0.1) is 6.61 Å². The fourth-order valence-electron chi connectivity index (χ4n) is 2.37. The summed E-state index contributed by atoms with van der Waals surface area (Å²) in [6.07, 6.45) is 2.54. The van der Waals surface area contributed by atoms with Gasteiger partial charge in [0.2, 0.25) is 0 Å². The Morgan fingerprint density at radius 3 is 3.00 bits per heavy atom. The van der Waals surface area contributed by atoms with Crippen LogP contribution >= 0.6 is 11.6 Å². The summed E-state index contributed by atoms with van der Waals surface area (Å²) < 4.78 is 10.8. The number of ether oxygens (including phenoxy) is 2. The second-order valence-electron chi connectivity index (χ2n) is 5.29. The molecule has 0 aliphatic carbocycles. The van der Waals surface area contributed by atoms with Crippen molar-refractivity contribution in [3.8, 4) is 0 Å². The van der Waals surface area contributed by atoms with Crippen molar-refractivity contribution >= 4 is 17.5 Å². The Balaban J connectivity index is 2.02. The fourth-order valence-corrected chi connectivity index (χ4v) is 2.60. The minimum atomic E-state index is -0.418. The molecular formula is C15H21ClN2O3. The molecule has 1 aromatic heterocycles. The molecule has 5 nitrogen and oxygen atoms in total. The molecule has 1 amide bonds. The van der Waals surface area contributed by atoms with Crippen molar-refractivity contribution in [1.29, 1.82) is 0 Å². The van der Waals surface area contributed by atoms with Gasteiger partial charge < -0.3 is 14.8 Å². The van der Waals surface area contributed by atoms with Crippen LogP contribution in [0, 0.1) is 0 Å². The number of rotatable bonds is 6. The summed E-state index contributed by atoms with van der Waals surface area (Å²) in [6.45, 7) is 3.64. The van der Waals surface area contributed by atoms with Gasteiger partial charge in [-0.05, 0) is 18.6 Å². The van der Waals surface area contributed by atoms with Gasteiger partial charge in [0.15, 0.2) is 0 Å². The molecule has 1 aliphatic rings. The van der Waals surface area contributed by atoms with Crippen LogP contribution in [0.4, 0.5) is 0 Å². The van der Waals surface area contributed by atoms with Gasteiger partial charge in [0.1, 0.15) is 10.8 Å². The largest absolute Gasteiger partial charge is 0.378 e. The van der Waals surface area contributed by atoms with Crippen LogP contribution in [0.2, 0.25) is 5.15 Å². The molecular weight excluding hydrogens is 292 g/mol. The number of hydrogen-bond acceptors (Lipinski definition) is 4. The van der Waals surface area contributed by atoms with Crippen LogP contribution in [-0.2, 0) is 15.9 Å². The predicted molar refractivity (Wildman–Crippen MR) is 80.8 cm³/mol. The van der Waals surface area contributed by atoms with E-state index in [-0.39, 0.29) is 5.91 Å². The number of nitrogens with zero attached hydrogens (tertiary/aromatic N) is 1. The normalized spacial score (nSPS) is 21.5. The first kappa shape index (κ1) is 16.2. The molecule has 1 aliphatic heterocycles. The Morgan fingerprint density at radius 1 is 1.57 bits per heavy atom. The highest BCUT2D eigenvalue weighted by Crippen LogP contribution is 2.21. The lowest BCUT2D eigenvalue weighted by Crippen LogP contribution is -2.45. The number of carbonyl (C=O) groups is 1. The lowest BCUT2D eigenvalue weighted by molar-refractivity contribution is -0.0148.